The number of rotatable bonds is 6. The van der Waals surface area contributed by atoms with Gasteiger partial charge in [0.15, 0.2) is 0 Å². The summed E-state index contributed by atoms with van der Waals surface area (Å²) in [4.78, 5) is 0. The smallest absolute Gasteiger partial charge is 0.119 e. The van der Waals surface area contributed by atoms with E-state index in [1.807, 2.05) is 12.1 Å². The summed E-state index contributed by atoms with van der Waals surface area (Å²) in [5.74, 6) is 0.868. The predicted molar refractivity (Wildman–Crippen MR) is 70.9 cm³/mol. The molecule has 0 unspecified atom stereocenters. The highest BCUT2D eigenvalue weighted by Gasteiger charge is 2.18. The van der Waals surface area contributed by atoms with E-state index in [4.69, 9.17) is 9.47 Å². The van der Waals surface area contributed by atoms with Gasteiger partial charge in [0.25, 0.3) is 0 Å². The highest BCUT2D eigenvalue weighted by atomic mass is 16.5. The van der Waals surface area contributed by atoms with Gasteiger partial charge in [-0.05, 0) is 55.4 Å². The van der Waals surface area contributed by atoms with Crippen LogP contribution < -0.4 is 4.74 Å². The first-order chi connectivity index (χ1) is 8.81. The largest absolute Gasteiger partial charge is 0.494 e. The van der Waals surface area contributed by atoms with Gasteiger partial charge < -0.3 is 14.6 Å². The molecule has 0 heterocycles. The summed E-state index contributed by atoms with van der Waals surface area (Å²) in [5, 5.41) is 9.96. The van der Waals surface area contributed by atoms with Gasteiger partial charge in [-0.25, -0.2) is 0 Å². The van der Waals surface area contributed by atoms with Crippen molar-refractivity contribution >= 4 is 0 Å². The van der Waals surface area contributed by atoms with Crippen LogP contribution in [0.3, 0.4) is 0 Å². The van der Waals surface area contributed by atoms with Crippen LogP contribution in [0, 0.1) is 0 Å². The van der Waals surface area contributed by atoms with Crippen molar-refractivity contribution in [1.82, 2.24) is 0 Å². The maximum Gasteiger partial charge on any atom is 0.119 e. The van der Waals surface area contributed by atoms with E-state index < -0.39 is 0 Å². The Morgan fingerprint density at radius 1 is 1.28 bits per heavy atom. The molecule has 0 radical (unpaired) electrons. The van der Waals surface area contributed by atoms with Gasteiger partial charge >= 0.3 is 0 Å². The Labute approximate surface area is 109 Å². The Balaban J connectivity index is 1.88. The topological polar surface area (TPSA) is 38.7 Å². The Bertz CT molecular complexity index is 376. The van der Waals surface area contributed by atoms with Gasteiger partial charge in [0.05, 0.1) is 12.7 Å². The van der Waals surface area contributed by atoms with E-state index in [9.17, 15) is 5.11 Å². The molecule has 0 saturated carbocycles. The fraction of sp³-hybridized carbons (Fsp3) is 0.600. The molecule has 1 aromatic rings. The second-order valence-electron chi connectivity index (χ2n) is 4.82. The van der Waals surface area contributed by atoms with Gasteiger partial charge in [-0.15, -0.1) is 0 Å². The second kappa shape index (κ2) is 6.76. The molecule has 1 aliphatic carbocycles. The van der Waals surface area contributed by atoms with Crippen LogP contribution in [-0.4, -0.2) is 25.4 Å². The molecule has 0 spiro atoms. The van der Waals surface area contributed by atoms with Crippen LogP contribution >= 0.6 is 0 Å². The van der Waals surface area contributed by atoms with Crippen LogP contribution in [0.15, 0.2) is 18.2 Å². The summed E-state index contributed by atoms with van der Waals surface area (Å²) in [6, 6.07) is 6.09. The Hall–Kier alpha value is -1.06. The third-order valence-electron chi connectivity index (χ3n) is 3.41. The van der Waals surface area contributed by atoms with Crippen LogP contribution in [0.25, 0.3) is 0 Å². The van der Waals surface area contributed by atoms with Gasteiger partial charge in [0, 0.05) is 13.7 Å². The normalized spacial score (nSPS) is 18.4. The molecule has 0 fully saturated rings. The van der Waals surface area contributed by atoms with E-state index in [1.165, 1.54) is 5.56 Å². The maximum atomic E-state index is 9.96. The molecule has 1 aromatic carbocycles. The lowest BCUT2D eigenvalue weighted by Gasteiger charge is -2.22. The number of benzene rings is 1. The number of unbranched alkanes of at least 4 members (excludes halogenated alkanes) is 1. The highest BCUT2D eigenvalue weighted by molar-refractivity contribution is 5.38. The van der Waals surface area contributed by atoms with E-state index in [0.29, 0.717) is 6.61 Å². The van der Waals surface area contributed by atoms with E-state index in [1.54, 1.807) is 7.11 Å². The van der Waals surface area contributed by atoms with Crippen molar-refractivity contribution in [2.45, 2.75) is 38.2 Å². The minimum Gasteiger partial charge on any atom is -0.494 e. The zero-order valence-electron chi connectivity index (χ0n) is 11.0. The number of hydrogen-bond donors (Lipinski definition) is 1. The van der Waals surface area contributed by atoms with Gasteiger partial charge in [0.1, 0.15) is 5.75 Å². The lowest BCUT2D eigenvalue weighted by molar-refractivity contribution is 0.156. The van der Waals surface area contributed by atoms with E-state index in [2.05, 4.69) is 6.07 Å². The van der Waals surface area contributed by atoms with Crippen molar-refractivity contribution in [3.05, 3.63) is 29.3 Å². The number of aryl methyl sites for hydroxylation is 1. The fourth-order valence-electron chi connectivity index (χ4n) is 2.38. The Kier molecular flexibility index (Phi) is 5.02. The number of fused-ring (bicyclic) bond motifs is 1. The van der Waals surface area contributed by atoms with Crippen molar-refractivity contribution in [1.29, 1.82) is 0 Å². The van der Waals surface area contributed by atoms with Crippen molar-refractivity contribution in [2.75, 3.05) is 20.3 Å². The Morgan fingerprint density at radius 2 is 2.11 bits per heavy atom. The maximum absolute atomic E-state index is 9.96. The lowest BCUT2D eigenvalue weighted by Crippen LogP contribution is -2.09. The van der Waals surface area contributed by atoms with E-state index in [-0.39, 0.29) is 6.10 Å². The molecule has 1 N–H and O–H groups in total. The molecule has 0 aromatic heterocycles. The molecule has 0 bridgehead atoms. The number of aliphatic hydroxyl groups excluding tert-OH is 1. The zero-order valence-corrected chi connectivity index (χ0v) is 11.0. The first-order valence-corrected chi connectivity index (χ1v) is 6.74. The fourth-order valence-corrected chi connectivity index (χ4v) is 2.38. The van der Waals surface area contributed by atoms with Crippen molar-refractivity contribution < 1.29 is 14.6 Å². The quantitative estimate of drug-likeness (QED) is 0.789. The summed E-state index contributed by atoms with van der Waals surface area (Å²) in [5.41, 5.74) is 2.32. The van der Waals surface area contributed by atoms with Crippen LogP contribution in [0.5, 0.6) is 5.75 Å². The van der Waals surface area contributed by atoms with Crippen LogP contribution in [0.2, 0.25) is 0 Å². The number of methoxy groups -OCH3 is 1. The van der Waals surface area contributed by atoms with E-state index >= 15 is 0 Å². The molecule has 0 amide bonds. The average molecular weight is 250 g/mol. The van der Waals surface area contributed by atoms with Crippen molar-refractivity contribution in [2.24, 2.45) is 0 Å². The van der Waals surface area contributed by atoms with Crippen molar-refractivity contribution in [3.8, 4) is 5.75 Å². The highest BCUT2D eigenvalue weighted by Crippen LogP contribution is 2.32. The third kappa shape index (κ3) is 3.47. The molecule has 3 heteroatoms. The molecular formula is C15H22O3. The first kappa shape index (κ1) is 13.4. The molecule has 2 rings (SSSR count). The summed E-state index contributed by atoms with van der Waals surface area (Å²) in [6.07, 6.45) is 4.71. The molecule has 18 heavy (non-hydrogen) atoms. The van der Waals surface area contributed by atoms with E-state index in [0.717, 1.165) is 50.0 Å². The molecule has 1 atom stereocenters. The minimum atomic E-state index is -0.314. The first-order valence-electron chi connectivity index (χ1n) is 6.74. The molecule has 100 valence electrons. The zero-order chi connectivity index (χ0) is 12.8. The molecule has 1 aliphatic rings. The second-order valence-corrected chi connectivity index (χ2v) is 4.82. The Morgan fingerprint density at radius 3 is 2.94 bits per heavy atom. The number of hydrogen-bond acceptors (Lipinski definition) is 3. The van der Waals surface area contributed by atoms with Gasteiger partial charge in [-0.1, -0.05) is 6.07 Å². The monoisotopic (exact) mass is 250 g/mol. The standard InChI is InChI=1S/C15H22O3/c1-17-9-2-3-10-18-13-8-7-12-5-4-6-15(16)14(12)11-13/h7-8,11,15-16H,2-6,9-10H2,1H3/t15-/m1/s1. The van der Waals surface area contributed by atoms with Gasteiger partial charge in [-0.2, -0.15) is 0 Å². The van der Waals surface area contributed by atoms with Crippen LogP contribution in [-0.2, 0) is 11.2 Å². The summed E-state index contributed by atoms with van der Waals surface area (Å²) < 4.78 is 10.7. The number of ether oxygens (including phenoxy) is 2. The summed E-state index contributed by atoms with van der Waals surface area (Å²) >= 11 is 0. The third-order valence-corrected chi connectivity index (χ3v) is 3.41. The molecule has 0 aliphatic heterocycles. The van der Waals surface area contributed by atoms with Gasteiger partial charge in [0.2, 0.25) is 0 Å². The van der Waals surface area contributed by atoms with Crippen LogP contribution in [0.4, 0.5) is 0 Å². The summed E-state index contributed by atoms with van der Waals surface area (Å²) in [7, 11) is 1.71. The molecular weight excluding hydrogens is 228 g/mol. The van der Waals surface area contributed by atoms with Crippen LogP contribution in [0.1, 0.15) is 42.9 Å². The van der Waals surface area contributed by atoms with Crippen molar-refractivity contribution in [3.63, 3.8) is 0 Å². The lowest BCUT2D eigenvalue weighted by atomic mass is 9.89. The predicted octanol–water partition coefficient (Wildman–Crippen LogP) is 2.86. The minimum absolute atomic E-state index is 0.314. The molecule has 0 saturated heterocycles. The summed E-state index contributed by atoms with van der Waals surface area (Å²) in [6.45, 7) is 1.49. The van der Waals surface area contributed by atoms with Gasteiger partial charge in [-0.3, -0.25) is 0 Å². The average Bonchev–Trinajstić information content (AvgIpc) is 2.39. The molecule has 3 nitrogen and oxygen atoms in total. The number of aliphatic hydroxyl groups is 1. The SMILES string of the molecule is COCCCCOc1ccc2c(c1)[C@H](O)CCC2.